The molecular formula is C20H27N. The van der Waals surface area contributed by atoms with Crippen molar-refractivity contribution in [3.63, 3.8) is 0 Å². The Bertz CT molecular complexity index is 512. The fourth-order valence-corrected chi connectivity index (χ4v) is 2.77. The van der Waals surface area contributed by atoms with Gasteiger partial charge in [-0.2, -0.15) is 0 Å². The van der Waals surface area contributed by atoms with Gasteiger partial charge in [-0.3, -0.25) is 0 Å². The topological polar surface area (TPSA) is 12.0 Å². The van der Waals surface area contributed by atoms with Gasteiger partial charge in [0.2, 0.25) is 0 Å². The molecule has 0 spiro atoms. The number of benzene rings is 2. The molecule has 21 heavy (non-hydrogen) atoms. The molecule has 0 unspecified atom stereocenters. The third kappa shape index (κ3) is 4.71. The maximum atomic E-state index is 3.72. The molecule has 0 heterocycles. The van der Waals surface area contributed by atoms with Crippen LogP contribution in [0.15, 0.2) is 48.5 Å². The van der Waals surface area contributed by atoms with Gasteiger partial charge in [-0.1, -0.05) is 55.5 Å². The monoisotopic (exact) mass is 281 g/mol. The van der Waals surface area contributed by atoms with Crippen LogP contribution in [0.25, 0.3) is 0 Å². The normalized spacial score (nSPS) is 11.0. The van der Waals surface area contributed by atoms with Gasteiger partial charge in [-0.15, -0.1) is 0 Å². The summed E-state index contributed by atoms with van der Waals surface area (Å²) in [7, 11) is 0. The van der Waals surface area contributed by atoms with Crippen LogP contribution in [0.2, 0.25) is 0 Å². The van der Waals surface area contributed by atoms with Crippen molar-refractivity contribution in [3.05, 3.63) is 70.8 Å². The van der Waals surface area contributed by atoms with E-state index in [1.165, 1.54) is 28.7 Å². The Labute approximate surface area is 129 Å². The first-order chi connectivity index (χ1) is 10.2. The lowest BCUT2D eigenvalue weighted by Crippen LogP contribution is -2.34. The molecule has 1 N–H and O–H groups in total. The number of nitrogens with one attached hydrogen (secondary N) is 1. The quantitative estimate of drug-likeness (QED) is 0.790. The smallest absolute Gasteiger partial charge is 0.0148 e. The van der Waals surface area contributed by atoms with Crippen LogP contribution >= 0.6 is 0 Å². The molecular weight excluding hydrogens is 254 g/mol. The lowest BCUT2D eigenvalue weighted by atomic mass is 9.94. The molecule has 0 fully saturated rings. The van der Waals surface area contributed by atoms with Crippen molar-refractivity contribution in [1.82, 2.24) is 5.32 Å². The Kier molecular flexibility index (Phi) is 6.01. The van der Waals surface area contributed by atoms with Crippen LogP contribution in [0.1, 0.15) is 35.6 Å². The van der Waals surface area contributed by atoms with E-state index in [1.807, 2.05) is 0 Å². The van der Waals surface area contributed by atoms with Crippen LogP contribution in [0.4, 0.5) is 0 Å². The summed E-state index contributed by atoms with van der Waals surface area (Å²) in [6.07, 6.45) is 3.38. The van der Waals surface area contributed by atoms with E-state index < -0.39 is 0 Å². The van der Waals surface area contributed by atoms with Crippen molar-refractivity contribution in [2.24, 2.45) is 0 Å². The highest BCUT2D eigenvalue weighted by atomic mass is 14.9. The van der Waals surface area contributed by atoms with Crippen molar-refractivity contribution >= 4 is 0 Å². The van der Waals surface area contributed by atoms with Crippen molar-refractivity contribution in [2.75, 3.05) is 6.54 Å². The van der Waals surface area contributed by atoms with E-state index in [-0.39, 0.29) is 0 Å². The van der Waals surface area contributed by atoms with Crippen LogP contribution in [-0.4, -0.2) is 12.6 Å². The Morgan fingerprint density at radius 1 is 0.810 bits per heavy atom. The molecule has 2 aromatic carbocycles. The van der Waals surface area contributed by atoms with Gasteiger partial charge >= 0.3 is 0 Å². The second kappa shape index (κ2) is 7.99. The first-order valence-electron chi connectivity index (χ1n) is 8.03. The van der Waals surface area contributed by atoms with Crippen LogP contribution in [0.3, 0.4) is 0 Å². The molecule has 112 valence electrons. The minimum atomic E-state index is 0.507. The lowest BCUT2D eigenvalue weighted by molar-refractivity contribution is 0.503. The van der Waals surface area contributed by atoms with Gasteiger partial charge in [0.1, 0.15) is 0 Å². The Morgan fingerprint density at radius 2 is 1.29 bits per heavy atom. The number of hydrogen-bond acceptors (Lipinski definition) is 1. The summed E-state index contributed by atoms with van der Waals surface area (Å²) >= 11 is 0. The average Bonchev–Trinajstić information content (AvgIpc) is 2.49. The third-order valence-corrected chi connectivity index (χ3v) is 4.14. The van der Waals surface area contributed by atoms with Crippen molar-refractivity contribution < 1.29 is 0 Å². The van der Waals surface area contributed by atoms with Crippen LogP contribution in [-0.2, 0) is 12.8 Å². The fourth-order valence-electron chi connectivity index (χ4n) is 2.77. The molecule has 0 bridgehead atoms. The van der Waals surface area contributed by atoms with Gasteiger partial charge in [0.25, 0.3) is 0 Å². The Balaban J connectivity index is 2.11. The van der Waals surface area contributed by atoms with Crippen molar-refractivity contribution in [3.8, 4) is 0 Å². The summed E-state index contributed by atoms with van der Waals surface area (Å²) in [5.41, 5.74) is 5.70. The molecule has 0 aliphatic rings. The van der Waals surface area contributed by atoms with Gasteiger partial charge in [0.15, 0.2) is 0 Å². The molecule has 0 aliphatic carbocycles. The maximum absolute atomic E-state index is 3.72. The summed E-state index contributed by atoms with van der Waals surface area (Å²) < 4.78 is 0. The first kappa shape index (κ1) is 15.8. The molecule has 0 atom stereocenters. The zero-order chi connectivity index (χ0) is 15.1. The van der Waals surface area contributed by atoms with E-state index in [2.05, 4.69) is 74.6 Å². The summed E-state index contributed by atoms with van der Waals surface area (Å²) in [6.45, 7) is 7.73. The third-order valence-electron chi connectivity index (χ3n) is 4.14. The van der Waals surface area contributed by atoms with Crippen LogP contribution < -0.4 is 5.32 Å². The highest BCUT2D eigenvalue weighted by molar-refractivity contribution is 5.29. The van der Waals surface area contributed by atoms with E-state index >= 15 is 0 Å². The maximum Gasteiger partial charge on any atom is 0.0148 e. The van der Waals surface area contributed by atoms with E-state index in [0.717, 1.165) is 19.4 Å². The van der Waals surface area contributed by atoms with E-state index in [4.69, 9.17) is 0 Å². The van der Waals surface area contributed by atoms with Gasteiger partial charge < -0.3 is 5.32 Å². The predicted molar refractivity (Wildman–Crippen MR) is 91.8 cm³/mol. The predicted octanol–water partition coefficient (Wildman–Crippen LogP) is 4.46. The molecule has 1 nitrogen and oxygen atoms in total. The molecule has 0 saturated heterocycles. The van der Waals surface area contributed by atoms with Gasteiger partial charge in [-0.25, -0.2) is 0 Å². The summed E-state index contributed by atoms with van der Waals surface area (Å²) in [5, 5.41) is 3.72. The minimum Gasteiger partial charge on any atom is -0.313 e. The van der Waals surface area contributed by atoms with E-state index in [1.54, 1.807) is 0 Å². The lowest BCUT2D eigenvalue weighted by Gasteiger charge is -2.21. The van der Waals surface area contributed by atoms with Gasteiger partial charge in [-0.05, 0) is 61.9 Å². The van der Waals surface area contributed by atoms with Gasteiger partial charge in [0.05, 0.1) is 0 Å². The molecule has 0 saturated carbocycles. The molecule has 0 aliphatic heterocycles. The molecule has 0 amide bonds. The molecule has 1 heteroatoms. The largest absolute Gasteiger partial charge is 0.313 e. The van der Waals surface area contributed by atoms with E-state index in [9.17, 15) is 0 Å². The molecule has 0 radical (unpaired) electrons. The highest BCUT2D eigenvalue weighted by Crippen LogP contribution is 2.15. The second-order valence-corrected chi connectivity index (χ2v) is 5.91. The molecule has 0 aromatic heterocycles. The Hall–Kier alpha value is -1.60. The number of rotatable bonds is 7. The summed E-state index contributed by atoms with van der Waals surface area (Å²) in [4.78, 5) is 0. The minimum absolute atomic E-state index is 0.507. The summed E-state index contributed by atoms with van der Waals surface area (Å²) in [5.74, 6) is 0. The molecule has 2 aromatic rings. The van der Waals surface area contributed by atoms with E-state index in [0.29, 0.717) is 6.04 Å². The molecule has 2 rings (SSSR count). The van der Waals surface area contributed by atoms with Crippen molar-refractivity contribution in [1.29, 1.82) is 0 Å². The SMILES string of the molecule is CCCNC(Cc1ccccc1C)Cc1ccccc1C. The number of aryl methyl sites for hydroxylation is 2. The standard InChI is InChI=1S/C20H27N/c1-4-13-21-20(14-18-11-7-5-9-16(18)2)15-19-12-8-6-10-17(19)3/h5-12,20-21H,4,13-15H2,1-3H3. The first-order valence-corrected chi connectivity index (χ1v) is 8.03. The zero-order valence-corrected chi connectivity index (χ0v) is 13.5. The fraction of sp³-hybridized carbons (Fsp3) is 0.400. The average molecular weight is 281 g/mol. The van der Waals surface area contributed by atoms with Crippen LogP contribution in [0, 0.1) is 13.8 Å². The van der Waals surface area contributed by atoms with Crippen molar-refractivity contribution in [2.45, 2.75) is 46.1 Å². The highest BCUT2D eigenvalue weighted by Gasteiger charge is 2.12. The van der Waals surface area contributed by atoms with Gasteiger partial charge in [0, 0.05) is 6.04 Å². The Morgan fingerprint density at radius 3 is 1.71 bits per heavy atom. The number of hydrogen-bond donors (Lipinski definition) is 1. The van der Waals surface area contributed by atoms with Crippen LogP contribution in [0.5, 0.6) is 0 Å². The second-order valence-electron chi connectivity index (χ2n) is 5.91. The summed E-state index contributed by atoms with van der Waals surface area (Å²) in [6, 6.07) is 18.0. The zero-order valence-electron chi connectivity index (χ0n) is 13.5.